The van der Waals surface area contributed by atoms with Gasteiger partial charge in [0.15, 0.2) is 17.3 Å². The minimum Gasteiger partial charge on any atom is -0.450 e. The summed E-state index contributed by atoms with van der Waals surface area (Å²) < 4.78 is 19.6. The molecule has 5 nitrogen and oxygen atoms in total. The van der Waals surface area contributed by atoms with Crippen LogP contribution in [0.1, 0.15) is 6.92 Å². The Morgan fingerprint density at radius 3 is 2.62 bits per heavy atom. The molecule has 2 aromatic rings. The Hall–Kier alpha value is -2.47. The van der Waals surface area contributed by atoms with E-state index in [1.54, 1.807) is 24.3 Å². The van der Waals surface area contributed by atoms with Crippen LogP contribution in [0.4, 0.5) is 21.5 Å². The van der Waals surface area contributed by atoms with Gasteiger partial charge in [0, 0.05) is 6.92 Å². The fraction of sp³-hybridized carbons (Fsp3) is 0.0714. The molecule has 2 aromatic carbocycles. The first-order valence-corrected chi connectivity index (χ1v) is 6.35. The standard InChI is InChI=1S/C14H13ClFN3O2/c1-7(20)19-10-4-2-3-5-11(10)21-14-9(18)6-8(17)12(15)13(14)16/h2-6H,17-18H2,1H3,(H,19,20). The van der Waals surface area contributed by atoms with Crippen molar-refractivity contribution in [3.63, 3.8) is 0 Å². The van der Waals surface area contributed by atoms with Crippen LogP contribution in [0.25, 0.3) is 0 Å². The normalized spacial score (nSPS) is 10.2. The molecule has 0 radical (unpaired) electrons. The molecule has 0 fully saturated rings. The maximum Gasteiger partial charge on any atom is 0.221 e. The number of benzene rings is 2. The van der Waals surface area contributed by atoms with Crippen molar-refractivity contribution in [1.82, 2.24) is 0 Å². The molecule has 0 aliphatic heterocycles. The number of carbonyl (C=O) groups is 1. The summed E-state index contributed by atoms with van der Waals surface area (Å²) in [4.78, 5) is 11.1. The molecule has 21 heavy (non-hydrogen) atoms. The van der Waals surface area contributed by atoms with Gasteiger partial charge in [-0.1, -0.05) is 23.7 Å². The number of ether oxygens (including phenoxy) is 1. The molecule has 5 N–H and O–H groups in total. The largest absolute Gasteiger partial charge is 0.450 e. The Kier molecular flexibility index (Phi) is 4.18. The van der Waals surface area contributed by atoms with Crippen molar-refractivity contribution in [2.75, 3.05) is 16.8 Å². The van der Waals surface area contributed by atoms with E-state index < -0.39 is 5.82 Å². The van der Waals surface area contributed by atoms with Crippen LogP contribution in [0.5, 0.6) is 11.5 Å². The van der Waals surface area contributed by atoms with Gasteiger partial charge in [-0.3, -0.25) is 4.79 Å². The van der Waals surface area contributed by atoms with E-state index in [2.05, 4.69) is 5.32 Å². The molecule has 0 aliphatic carbocycles. The lowest BCUT2D eigenvalue weighted by atomic mass is 10.2. The third-order valence-electron chi connectivity index (χ3n) is 2.63. The molecule has 0 spiro atoms. The zero-order chi connectivity index (χ0) is 15.6. The van der Waals surface area contributed by atoms with Crippen LogP contribution in [0.15, 0.2) is 30.3 Å². The molecule has 0 saturated heterocycles. The molecule has 0 unspecified atom stereocenters. The van der Waals surface area contributed by atoms with Gasteiger partial charge in [0.2, 0.25) is 5.91 Å². The van der Waals surface area contributed by atoms with Gasteiger partial charge in [-0.2, -0.15) is 0 Å². The lowest BCUT2D eigenvalue weighted by Gasteiger charge is -2.14. The third kappa shape index (κ3) is 3.17. The molecule has 2 rings (SSSR count). The second-order valence-corrected chi connectivity index (χ2v) is 4.67. The van der Waals surface area contributed by atoms with Crippen molar-refractivity contribution in [2.24, 2.45) is 0 Å². The average molecular weight is 310 g/mol. The molecule has 0 aromatic heterocycles. The summed E-state index contributed by atoms with van der Waals surface area (Å²) in [6.07, 6.45) is 0. The second-order valence-electron chi connectivity index (χ2n) is 4.29. The van der Waals surface area contributed by atoms with E-state index in [4.69, 9.17) is 27.8 Å². The number of carbonyl (C=O) groups excluding carboxylic acids is 1. The highest BCUT2D eigenvalue weighted by Crippen LogP contribution is 2.39. The number of anilines is 3. The molecule has 0 heterocycles. The first kappa shape index (κ1) is 14.9. The maximum atomic E-state index is 14.1. The van der Waals surface area contributed by atoms with Crippen molar-refractivity contribution in [2.45, 2.75) is 6.92 Å². The summed E-state index contributed by atoms with van der Waals surface area (Å²) in [6, 6.07) is 7.86. The summed E-state index contributed by atoms with van der Waals surface area (Å²) in [5.41, 5.74) is 11.6. The number of nitrogen functional groups attached to an aromatic ring is 2. The van der Waals surface area contributed by atoms with E-state index in [1.165, 1.54) is 13.0 Å². The van der Waals surface area contributed by atoms with Crippen molar-refractivity contribution in [1.29, 1.82) is 0 Å². The molecule has 0 atom stereocenters. The van der Waals surface area contributed by atoms with Crippen molar-refractivity contribution in [3.05, 3.63) is 41.2 Å². The van der Waals surface area contributed by atoms with E-state index >= 15 is 0 Å². The van der Waals surface area contributed by atoms with Crippen LogP contribution in [0.3, 0.4) is 0 Å². The minimum atomic E-state index is -0.855. The number of halogens is 2. The summed E-state index contributed by atoms with van der Waals surface area (Å²) in [5.74, 6) is -1.15. The molecule has 0 saturated carbocycles. The molecule has 0 bridgehead atoms. The van der Waals surface area contributed by atoms with Gasteiger partial charge in [-0.15, -0.1) is 0 Å². The number of rotatable bonds is 3. The zero-order valence-corrected chi connectivity index (χ0v) is 11.9. The van der Waals surface area contributed by atoms with Crippen LogP contribution in [-0.4, -0.2) is 5.91 Å². The third-order valence-corrected chi connectivity index (χ3v) is 3.01. The first-order valence-electron chi connectivity index (χ1n) is 5.97. The minimum absolute atomic E-state index is 0.00651. The van der Waals surface area contributed by atoms with Crippen LogP contribution < -0.4 is 21.5 Å². The monoisotopic (exact) mass is 309 g/mol. The van der Waals surface area contributed by atoms with Gasteiger partial charge >= 0.3 is 0 Å². The Labute approximate surface area is 125 Å². The molecule has 7 heteroatoms. The Balaban J connectivity index is 2.44. The zero-order valence-electron chi connectivity index (χ0n) is 11.1. The van der Waals surface area contributed by atoms with E-state index in [9.17, 15) is 9.18 Å². The molecular weight excluding hydrogens is 297 g/mol. The van der Waals surface area contributed by atoms with Gasteiger partial charge < -0.3 is 21.5 Å². The van der Waals surface area contributed by atoms with E-state index in [1.807, 2.05) is 0 Å². The smallest absolute Gasteiger partial charge is 0.221 e. The van der Waals surface area contributed by atoms with Gasteiger partial charge in [-0.05, 0) is 18.2 Å². The van der Waals surface area contributed by atoms with Crippen LogP contribution >= 0.6 is 11.6 Å². The number of para-hydroxylation sites is 2. The molecule has 110 valence electrons. The summed E-state index contributed by atoms with van der Waals surface area (Å²) in [7, 11) is 0. The molecule has 1 amide bonds. The fourth-order valence-electron chi connectivity index (χ4n) is 1.71. The predicted octanol–water partition coefficient (Wildman–Crippen LogP) is 3.39. The highest BCUT2D eigenvalue weighted by atomic mass is 35.5. The van der Waals surface area contributed by atoms with Crippen molar-refractivity contribution >= 4 is 34.6 Å². The van der Waals surface area contributed by atoms with Gasteiger partial charge in [0.1, 0.15) is 5.02 Å². The maximum absolute atomic E-state index is 14.1. The lowest BCUT2D eigenvalue weighted by molar-refractivity contribution is -0.114. The van der Waals surface area contributed by atoms with Crippen LogP contribution in [0, 0.1) is 5.82 Å². The van der Waals surface area contributed by atoms with Crippen molar-refractivity contribution in [3.8, 4) is 11.5 Å². The first-order chi connectivity index (χ1) is 9.90. The van der Waals surface area contributed by atoms with E-state index in [0.29, 0.717) is 5.69 Å². The quantitative estimate of drug-likeness (QED) is 0.758. The second kappa shape index (κ2) is 5.88. The van der Waals surface area contributed by atoms with Crippen LogP contribution in [-0.2, 0) is 4.79 Å². The fourth-order valence-corrected chi connectivity index (χ4v) is 1.85. The highest BCUT2D eigenvalue weighted by Gasteiger charge is 2.17. The Morgan fingerprint density at radius 1 is 1.29 bits per heavy atom. The molecule has 0 aliphatic rings. The Bertz CT molecular complexity index is 707. The number of nitrogens with one attached hydrogen (secondary N) is 1. The van der Waals surface area contributed by atoms with E-state index in [0.717, 1.165) is 0 Å². The topological polar surface area (TPSA) is 90.4 Å². The highest BCUT2D eigenvalue weighted by molar-refractivity contribution is 6.33. The number of hydrogen-bond donors (Lipinski definition) is 3. The van der Waals surface area contributed by atoms with Gasteiger partial charge in [0.05, 0.1) is 17.1 Å². The van der Waals surface area contributed by atoms with Gasteiger partial charge in [-0.25, -0.2) is 4.39 Å². The summed E-state index contributed by atoms with van der Waals surface area (Å²) in [5, 5.41) is 2.31. The van der Waals surface area contributed by atoms with Gasteiger partial charge in [0.25, 0.3) is 0 Å². The molecular formula is C14H13ClFN3O2. The van der Waals surface area contributed by atoms with Crippen molar-refractivity contribution < 1.29 is 13.9 Å². The number of hydrogen-bond acceptors (Lipinski definition) is 4. The summed E-state index contributed by atoms with van der Waals surface area (Å²) >= 11 is 5.74. The number of nitrogens with two attached hydrogens (primary N) is 2. The summed E-state index contributed by atoms with van der Waals surface area (Å²) in [6.45, 7) is 1.35. The SMILES string of the molecule is CC(=O)Nc1ccccc1Oc1c(N)cc(N)c(Cl)c1F. The Morgan fingerprint density at radius 2 is 1.95 bits per heavy atom. The predicted molar refractivity (Wildman–Crippen MR) is 81.1 cm³/mol. The lowest BCUT2D eigenvalue weighted by Crippen LogP contribution is -2.07. The number of amides is 1. The average Bonchev–Trinajstić information content (AvgIpc) is 2.42. The van der Waals surface area contributed by atoms with E-state index in [-0.39, 0.29) is 33.8 Å². The van der Waals surface area contributed by atoms with Crippen LogP contribution in [0.2, 0.25) is 5.02 Å².